The van der Waals surface area contributed by atoms with E-state index in [-0.39, 0.29) is 31.1 Å². The zero-order valence-corrected chi connectivity index (χ0v) is 35.8. The van der Waals surface area contributed by atoms with Gasteiger partial charge in [0, 0.05) is 19.3 Å². The van der Waals surface area contributed by atoms with Gasteiger partial charge in [0.1, 0.15) is 13.2 Å². The number of unbranched alkanes of at least 4 members (excludes halogenated alkanes) is 32. The van der Waals surface area contributed by atoms with Crippen molar-refractivity contribution in [2.45, 2.75) is 271 Å². The number of carbonyl (C=O) groups is 3. The molecule has 0 saturated carbocycles. The minimum absolute atomic E-state index is 0.0626. The van der Waals surface area contributed by atoms with Crippen molar-refractivity contribution in [3.05, 3.63) is 0 Å². The van der Waals surface area contributed by atoms with Crippen LogP contribution in [0.5, 0.6) is 0 Å². The summed E-state index contributed by atoms with van der Waals surface area (Å²) in [5.41, 5.74) is 0. The molecule has 0 spiro atoms. The third-order valence-corrected chi connectivity index (χ3v) is 10.6. The molecule has 0 aliphatic carbocycles. The largest absolute Gasteiger partial charge is 0.462 e. The molecular weight excluding hydrogens is 661 g/mol. The Labute approximate surface area is 329 Å². The Morgan fingerprint density at radius 3 is 0.755 bits per heavy atom. The minimum Gasteiger partial charge on any atom is -0.462 e. The molecule has 314 valence electrons. The Balaban J connectivity index is 4.30. The van der Waals surface area contributed by atoms with Gasteiger partial charge in [-0.3, -0.25) is 14.4 Å². The molecule has 0 rings (SSSR count). The lowest BCUT2D eigenvalue weighted by Crippen LogP contribution is -2.30. The maximum Gasteiger partial charge on any atom is 0.306 e. The molecule has 0 aliphatic heterocycles. The molecule has 53 heavy (non-hydrogen) atoms. The predicted molar refractivity (Wildman–Crippen MR) is 224 cm³/mol. The van der Waals surface area contributed by atoms with Gasteiger partial charge in [0.2, 0.25) is 0 Å². The van der Waals surface area contributed by atoms with Gasteiger partial charge in [-0.25, -0.2) is 0 Å². The molecule has 6 nitrogen and oxygen atoms in total. The van der Waals surface area contributed by atoms with Gasteiger partial charge in [0.25, 0.3) is 0 Å². The highest BCUT2D eigenvalue weighted by molar-refractivity contribution is 5.71. The first-order valence-electron chi connectivity index (χ1n) is 23.5. The monoisotopic (exact) mass is 751 g/mol. The molecule has 0 fully saturated rings. The van der Waals surface area contributed by atoms with Crippen LogP contribution >= 0.6 is 0 Å². The zero-order valence-electron chi connectivity index (χ0n) is 35.8. The van der Waals surface area contributed by atoms with E-state index < -0.39 is 6.10 Å². The van der Waals surface area contributed by atoms with Crippen molar-refractivity contribution in [1.82, 2.24) is 0 Å². The van der Waals surface area contributed by atoms with Crippen molar-refractivity contribution < 1.29 is 28.6 Å². The maximum atomic E-state index is 12.7. The lowest BCUT2D eigenvalue weighted by atomic mass is 10.0. The van der Waals surface area contributed by atoms with Gasteiger partial charge in [-0.15, -0.1) is 0 Å². The number of rotatable bonds is 43. The van der Waals surface area contributed by atoms with Gasteiger partial charge in [-0.1, -0.05) is 226 Å². The van der Waals surface area contributed by atoms with Crippen LogP contribution < -0.4 is 0 Å². The van der Waals surface area contributed by atoms with Gasteiger partial charge in [-0.2, -0.15) is 0 Å². The average molecular weight is 751 g/mol. The molecule has 0 amide bonds. The van der Waals surface area contributed by atoms with Gasteiger partial charge >= 0.3 is 17.9 Å². The van der Waals surface area contributed by atoms with E-state index in [1.165, 1.54) is 167 Å². The number of hydrogen-bond donors (Lipinski definition) is 0. The Kier molecular flexibility index (Phi) is 41.8. The third kappa shape index (κ3) is 41.4. The van der Waals surface area contributed by atoms with E-state index >= 15 is 0 Å². The van der Waals surface area contributed by atoms with Crippen molar-refractivity contribution >= 4 is 17.9 Å². The highest BCUT2D eigenvalue weighted by Gasteiger charge is 2.19. The van der Waals surface area contributed by atoms with Crippen molar-refractivity contribution in [3.63, 3.8) is 0 Å². The zero-order chi connectivity index (χ0) is 38.7. The Bertz CT molecular complexity index is 783. The van der Waals surface area contributed by atoms with Gasteiger partial charge in [0.15, 0.2) is 6.10 Å². The molecule has 0 aromatic heterocycles. The summed E-state index contributed by atoms with van der Waals surface area (Å²) in [6, 6.07) is 0. The Morgan fingerprint density at radius 2 is 0.509 bits per heavy atom. The molecule has 0 aliphatic rings. The second kappa shape index (κ2) is 43.1. The first kappa shape index (κ1) is 51.4. The van der Waals surface area contributed by atoms with Crippen molar-refractivity contribution in [2.24, 2.45) is 0 Å². The maximum absolute atomic E-state index is 12.7. The molecule has 0 bridgehead atoms. The number of carbonyl (C=O) groups excluding carboxylic acids is 3. The molecule has 0 saturated heterocycles. The molecule has 1 atom stereocenters. The van der Waals surface area contributed by atoms with Gasteiger partial charge in [0.05, 0.1) is 0 Å². The topological polar surface area (TPSA) is 78.9 Å². The van der Waals surface area contributed by atoms with Gasteiger partial charge < -0.3 is 14.2 Å². The van der Waals surface area contributed by atoms with Crippen LogP contribution in [0.15, 0.2) is 0 Å². The first-order chi connectivity index (χ1) is 26.0. The molecule has 0 unspecified atom stereocenters. The Hall–Kier alpha value is -1.59. The third-order valence-electron chi connectivity index (χ3n) is 10.6. The van der Waals surface area contributed by atoms with E-state index in [0.29, 0.717) is 19.3 Å². The summed E-state index contributed by atoms with van der Waals surface area (Å²) in [4.78, 5) is 37.7. The first-order valence-corrected chi connectivity index (χ1v) is 23.5. The highest BCUT2D eigenvalue weighted by Crippen LogP contribution is 2.16. The predicted octanol–water partition coefficient (Wildman–Crippen LogP) is 14.9. The van der Waals surface area contributed by atoms with E-state index in [2.05, 4.69) is 20.8 Å². The summed E-state index contributed by atoms with van der Waals surface area (Å²) >= 11 is 0. The molecule has 0 radical (unpaired) electrons. The lowest BCUT2D eigenvalue weighted by molar-refractivity contribution is -0.167. The van der Waals surface area contributed by atoms with E-state index in [1.54, 1.807) is 0 Å². The van der Waals surface area contributed by atoms with E-state index in [9.17, 15) is 14.4 Å². The second-order valence-electron chi connectivity index (χ2n) is 16.0. The van der Waals surface area contributed by atoms with Crippen LogP contribution in [-0.4, -0.2) is 37.2 Å². The van der Waals surface area contributed by atoms with Crippen LogP contribution in [0.4, 0.5) is 0 Å². The van der Waals surface area contributed by atoms with E-state index in [4.69, 9.17) is 14.2 Å². The summed E-state index contributed by atoms with van der Waals surface area (Å²) in [5, 5.41) is 0. The Morgan fingerprint density at radius 1 is 0.302 bits per heavy atom. The van der Waals surface area contributed by atoms with Crippen LogP contribution in [0, 0.1) is 0 Å². The summed E-state index contributed by atoms with van der Waals surface area (Å²) in [6.07, 6.45) is 43.7. The normalized spacial score (nSPS) is 11.8. The second-order valence-corrected chi connectivity index (χ2v) is 16.0. The summed E-state index contributed by atoms with van der Waals surface area (Å²) < 4.78 is 16.7. The van der Waals surface area contributed by atoms with Crippen LogP contribution in [0.1, 0.15) is 265 Å². The lowest BCUT2D eigenvalue weighted by Gasteiger charge is -2.18. The number of esters is 3. The quantitative estimate of drug-likeness (QED) is 0.0351. The van der Waals surface area contributed by atoms with E-state index in [1.807, 2.05) is 0 Å². The molecule has 6 heteroatoms. The fourth-order valence-corrected chi connectivity index (χ4v) is 7.03. The molecule has 0 heterocycles. The standard InChI is InChI=1S/C47H90O6/c1-4-7-10-13-16-19-21-23-25-28-31-34-37-40-46(49)52-43-44(42-51-45(48)39-36-33-30-27-18-15-12-9-6-3)53-47(50)41-38-35-32-29-26-24-22-20-17-14-11-8-5-2/h44H,4-43H2,1-3H3/t44-/m0/s1. The SMILES string of the molecule is CCCCCCCCCCCCCCCC(=O)OC[C@H](COC(=O)CCCCCCCCCCC)OC(=O)CCCCCCCCCCCCCCC. The summed E-state index contributed by atoms with van der Waals surface area (Å²) in [7, 11) is 0. The molecule has 0 aromatic rings. The van der Waals surface area contributed by atoms with Crippen LogP contribution in [0.3, 0.4) is 0 Å². The highest BCUT2D eigenvalue weighted by atomic mass is 16.6. The van der Waals surface area contributed by atoms with Crippen LogP contribution in [0.2, 0.25) is 0 Å². The van der Waals surface area contributed by atoms with Gasteiger partial charge in [-0.05, 0) is 19.3 Å². The van der Waals surface area contributed by atoms with Crippen molar-refractivity contribution in [1.29, 1.82) is 0 Å². The van der Waals surface area contributed by atoms with Crippen LogP contribution in [-0.2, 0) is 28.6 Å². The number of ether oxygens (including phenoxy) is 3. The van der Waals surface area contributed by atoms with E-state index in [0.717, 1.165) is 57.8 Å². The van der Waals surface area contributed by atoms with Crippen LogP contribution in [0.25, 0.3) is 0 Å². The summed E-state index contributed by atoms with van der Waals surface area (Å²) in [5.74, 6) is -0.851. The molecule has 0 N–H and O–H groups in total. The minimum atomic E-state index is -0.757. The average Bonchev–Trinajstić information content (AvgIpc) is 3.15. The fraction of sp³-hybridized carbons (Fsp3) is 0.936. The molecule has 0 aromatic carbocycles. The summed E-state index contributed by atoms with van der Waals surface area (Å²) in [6.45, 7) is 6.64. The molecular formula is C47H90O6. The fourth-order valence-electron chi connectivity index (χ4n) is 7.03. The number of hydrogen-bond acceptors (Lipinski definition) is 6. The smallest absolute Gasteiger partial charge is 0.306 e. The van der Waals surface area contributed by atoms with Crippen molar-refractivity contribution in [3.8, 4) is 0 Å². The van der Waals surface area contributed by atoms with Crippen molar-refractivity contribution in [2.75, 3.05) is 13.2 Å².